The van der Waals surface area contributed by atoms with Crippen molar-refractivity contribution >= 4 is 28.1 Å². The molecule has 1 rings (SSSR count). The molecule has 80 valence electrons. The third kappa shape index (κ3) is 4.22. The Morgan fingerprint density at radius 3 is 2.67 bits per heavy atom. The molecule has 0 spiro atoms. The van der Waals surface area contributed by atoms with E-state index >= 15 is 0 Å². The molecule has 0 fully saturated rings. The van der Waals surface area contributed by atoms with Gasteiger partial charge in [-0.3, -0.25) is 4.79 Å². The maximum absolute atomic E-state index is 10.9. The number of carbonyl (C=O) groups is 1. The Bertz CT molecular complexity index is 360. The molecule has 0 radical (unpaired) electrons. The fourth-order valence-corrected chi connectivity index (χ4v) is 1.08. The number of aliphatic hydroxyl groups excluding tert-OH is 1. The second-order valence-corrected chi connectivity index (χ2v) is 3.88. The molecule has 5 heteroatoms. The highest BCUT2D eigenvalue weighted by Crippen LogP contribution is 2.08. The summed E-state index contributed by atoms with van der Waals surface area (Å²) in [6.45, 7) is 1.38. The molecule has 1 aromatic rings. The first-order chi connectivity index (χ1) is 7.09. The van der Waals surface area contributed by atoms with Gasteiger partial charge >= 0.3 is 0 Å². The molecule has 2 N–H and O–H groups in total. The second-order valence-electron chi connectivity index (χ2n) is 2.96. The van der Waals surface area contributed by atoms with E-state index in [1.165, 1.54) is 13.1 Å². The molecule has 1 amide bonds. The van der Waals surface area contributed by atoms with Crippen LogP contribution in [0.2, 0.25) is 0 Å². The quantitative estimate of drug-likeness (QED) is 0.642. The highest BCUT2D eigenvalue weighted by molar-refractivity contribution is 9.10. The predicted octanol–water partition coefficient (Wildman–Crippen LogP) is 1.28. The van der Waals surface area contributed by atoms with Crippen molar-refractivity contribution in [2.75, 3.05) is 0 Å². The van der Waals surface area contributed by atoms with E-state index in [0.717, 1.165) is 10.0 Å². The predicted molar refractivity (Wildman–Crippen MR) is 61.6 cm³/mol. The van der Waals surface area contributed by atoms with Gasteiger partial charge in [0.25, 0.3) is 5.91 Å². The van der Waals surface area contributed by atoms with Crippen molar-refractivity contribution in [2.24, 2.45) is 5.10 Å². The van der Waals surface area contributed by atoms with Crippen LogP contribution in [0, 0.1) is 0 Å². The van der Waals surface area contributed by atoms with Crippen LogP contribution in [0.4, 0.5) is 0 Å². The molecule has 0 unspecified atom stereocenters. The Morgan fingerprint density at radius 2 is 2.13 bits per heavy atom. The number of carbonyl (C=O) groups excluding carboxylic acids is 1. The Morgan fingerprint density at radius 1 is 1.53 bits per heavy atom. The van der Waals surface area contributed by atoms with E-state index in [-0.39, 0.29) is 0 Å². The van der Waals surface area contributed by atoms with Gasteiger partial charge in [0.05, 0.1) is 6.21 Å². The van der Waals surface area contributed by atoms with Crippen LogP contribution >= 0.6 is 15.9 Å². The molecule has 1 aromatic carbocycles. The second kappa shape index (κ2) is 5.63. The first kappa shape index (κ1) is 11.9. The number of amides is 1. The zero-order valence-corrected chi connectivity index (χ0v) is 9.73. The molecule has 0 aliphatic carbocycles. The van der Waals surface area contributed by atoms with Gasteiger partial charge in [0, 0.05) is 4.47 Å². The SMILES string of the molecule is C[C@@H](O)C(=O)N/N=C\c1ccc(Br)cc1. The van der Waals surface area contributed by atoms with Crippen LogP contribution in [0.3, 0.4) is 0 Å². The molecule has 0 aliphatic rings. The van der Waals surface area contributed by atoms with Gasteiger partial charge < -0.3 is 5.11 Å². The summed E-state index contributed by atoms with van der Waals surface area (Å²) in [5.41, 5.74) is 3.08. The van der Waals surface area contributed by atoms with Crippen LogP contribution in [0.15, 0.2) is 33.8 Å². The Hall–Kier alpha value is -1.20. The van der Waals surface area contributed by atoms with E-state index in [0.29, 0.717) is 0 Å². The average Bonchev–Trinajstić information content (AvgIpc) is 2.20. The van der Waals surface area contributed by atoms with Crippen molar-refractivity contribution in [3.05, 3.63) is 34.3 Å². The number of hydrogen-bond acceptors (Lipinski definition) is 3. The van der Waals surface area contributed by atoms with Crippen LogP contribution in [0.1, 0.15) is 12.5 Å². The monoisotopic (exact) mass is 270 g/mol. The summed E-state index contributed by atoms with van der Waals surface area (Å²) in [4.78, 5) is 10.9. The van der Waals surface area contributed by atoms with Gasteiger partial charge in [-0.1, -0.05) is 28.1 Å². The zero-order valence-electron chi connectivity index (χ0n) is 8.14. The van der Waals surface area contributed by atoms with Crippen LogP contribution in [0.25, 0.3) is 0 Å². The van der Waals surface area contributed by atoms with Crippen molar-refractivity contribution in [3.8, 4) is 0 Å². The van der Waals surface area contributed by atoms with Crippen molar-refractivity contribution < 1.29 is 9.90 Å². The molecule has 1 atom stereocenters. The van der Waals surface area contributed by atoms with Crippen molar-refractivity contribution in [1.82, 2.24) is 5.43 Å². The fourth-order valence-electron chi connectivity index (χ4n) is 0.813. The summed E-state index contributed by atoms with van der Waals surface area (Å²) >= 11 is 3.31. The zero-order chi connectivity index (χ0) is 11.3. The lowest BCUT2D eigenvalue weighted by Crippen LogP contribution is -2.28. The molecule has 0 heterocycles. The fraction of sp³-hybridized carbons (Fsp3) is 0.200. The van der Waals surface area contributed by atoms with E-state index in [1.54, 1.807) is 0 Å². The number of aliphatic hydroxyl groups is 1. The molecule has 0 saturated heterocycles. The van der Waals surface area contributed by atoms with E-state index in [4.69, 9.17) is 5.11 Å². The van der Waals surface area contributed by atoms with E-state index in [9.17, 15) is 4.79 Å². The molecule has 0 bridgehead atoms. The van der Waals surface area contributed by atoms with Crippen molar-refractivity contribution in [3.63, 3.8) is 0 Å². The van der Waals surface area contributed by atoms with Crippen LogP contribution in [-0.4, -0.2) is 23.3 Å². The number of nitrogens with one attached hydrogen (secondary N) is 1. The summed E-state index contributed by atoms with van der Waals surface area (Å²) in [6.07, 6.45) is 0.458. The summed E-state index contributed by atoms with van der Waals surface area (Å²) in [7, 11) is 0. The smallest absolute Gasteiger partial charge is 0.268 e. The lowest BCUT2D eigenvalue weighted by atomic mass is 10.2. The molecular weight excluding hydrogens is 260 g/mol. The highest BCUT2D eigenvalue weighted by Gasteiger charge is 2.05. The van der Waals surface area contributed by atoms with Gasteiger partial charge in [-0.2, -0.15) is 5.10 Å². The standard InChI is InChI=1S/C10H11BrN2O2/c1-7(14)10(15)13-12-6-8-2-4-9(11)5-3-8/h2-7,14H,1H3,(H,13,15)/b12-6-/t7-/m1/s1. The molecule has 4 nitrogen and oxygen atoms in total. The number of nitrogens with zero attached hydrogens (tertiary/aromatic N) is 1. The lowest BCUT2D eigenvalue weighted by molar-refractivity contribution is -0.128. The first-order valence-electron chi connectivity index (χ1n) is 4.36. The summed E-state index contributed by atoms with van der Waals surface area (Å²) in [5.74, 6) is -0.525. The Kier molecular flexibility index (Phi) is 4.45. The lowest BCUT2D eigenvalue weighted by Gasteiger charge is -2.00. The van der Waals surface area contributed by atoms with Gasteiger partial charge in [-0.15, -0.1) is 0 Å². The highest BCUT2D eigenvalue weighted by atomic mass is 79.9. The van der Waals surface area contributed by atoms with Gasteiger partial charge in [-0.25, -0.2) is 5.43 Å². The van der Waals surface area contributed by atoms with Gasteiger partial charge in [0.15, 0.2) is 0 Å². The topological polar surface area (TPSA) is 61.7 Å². The first-order valence-corrected chi connectivity index (χ1v) is 5.15. The summed E-state index contributed by atoms with van der Waals surface area (Å²) in [5, 5.41) is 12.6. The third-order valence-electron chi connectivity index (χ3n) is 1.64. The van der Waals surface area contributed by atoms with E-state index in [2.05, 4.69) is 26.5 Å². The molecule has 0 saturated carbocycles. The summed E-state index contributed by atoms with van der Waals surface area (Å²) < 4.78 is 0.979. The van der Waals surface area contributed by atoms with Gasteiger partial charge in [0.1, 0.15) is 6.10 Å². The minimum absolute atomic E-state index is 0.525. The molecule has 15 heavy (non-hydrogen) atoms. The van der Waals surface area contributed by atoms with Gasteiger partial charge in [-0.05, 0) is 24.6 Å². The largest absolute Gasteiger partial charge is 0.383 e. The minimum atomic E-state index is -1.05. The minimum Gasteiger partial charge on any atom is -0.383 e. The maximum Gasteiger partial charge on any atom is 0.268 e. The number of hydrogen-bond donors (Lipinski definition) is 2. The molecular formula is C10H11BrN2O2. The van der Waals surface area contributed by atoms with Crippen LogP contribution < -0.4 is 5.43 Å². The number of benzene rings is 1. The van der Waals surface area contributed by atoms with E-state index in [1.807, 2.05) is 24.3 Å². The van der Waals surface area contributed by atoms with Crippen LogP contribution in [-0.2, 0) is 4.79 Å². The number of rotatable bonds is 3. The third-order valence-corrected chi connectivity index (χ3v) is 2.17. The maximum atomic E-state index is 10.9. The van der Waals surface area contributed by atoms with Crippen LogP contribution in [0.5, 0.6) is 0 Å². The Balaban J connectivity index is 2.51. The summed E-state index contributed by atoms with van der Waals surface area (Å²) in [6, 6.07) is 7.44. The molecule has 0 aromatic heterocycles. The Labute approximate surface area is 96.1 Å². The number of halogens is 1. The van der Waals surface area contributed by atoms with E-state index < -0.39 is 12.0 Å². The van der Waals surface area contributed by atoms with Crippen molar-refractivity contribution in [2.45, 2.75) is 13.0 Å². The van der Waals surface area contributed by atoms with Crippen molar-refractivity contribution in [1.29, 1.82) is 0 Å². The molecule has 0 aliphatic heterocycles. The number of hydrazone groups is 1. The normalized spacial score (nSPS) is 12.7. The van der Waals surface area contributed by atoms with Gasteiger partial charge in [0.2, 0.25) is 0 Å². The average molecular weight is 271 g/mol.